The van der Waals surface area contributed by atoms with Crippen molar-refractivity contribution in [1.82, 2.24) is 14.7 Å². The minimum Gasteiger partial charge on any atom is -0.338 e. The lowest BCUT2D eigenvalue weighted by atomic mass is 9.81. The first-order chi connectivity index (χ1) is 19.3. The number of allylic oxidation sites excluding steroid dienone is 2. The second-order valence-electron chi connectivity index (χ2n) is 11.2. The van der Waals surface area contributed by atoms with Crippen LogP contribution in [0.1, 0.15) is 73.5 Å². The van der Waals surface area contributed by atoms with Gasteiger partial charge in [0.1, 0.15) is 0 Å². The third-order valence-corrected chi connectivity index (χ3v) is 8.28. The molecule has 3 rings (SSSR count). The van der Waals surface area contributed by atoms with Crippen LogP contribution in [0.5, 0.6) is 0 Å². The number of rotatable bonds is 9. The molecule has 2 aromatic carbocycles. The van der Waals surface area contributed by atoms with Gasteiger partial charge in [-0.3, -0.25) is 4.79 Å². The Morgan fingerprint density at radius 1 is 1.10 bits per heavy atom. The molecule has 8 heteroatoms. The summed E-state index contributed by atoms with van der Waals surface area (Å²) in [6.07, 6.45) is 0.463. The average molecular weight is 570 g/mol. The predicted octanol–water partition coefficient (Wildman–Crippen LogP) is 7.73. The van der Waals surface area contributed by atoms with E-state index < -0.39 is 29.2 Å². The van der Waals surface area contributed by atoms with Crippen LogP contribution in [0.4, 0.5) is 18.0 Å². The van der Waals surface area contributed by atoms with Crippen LogP contribution in [0.2, 0.25) is 0 Å². The van der Waals surface area contributed by atoms with E-state index in [0.29, 0.717) is 50.0 Å². The Labute approximate surface area is 242 Å². The van der Waals surface area contributed by atoms with Gasteiger partial charge in [0.2, 0.25) is 5.91 Å². The summed E-state index contributed by atoms with van der Waals surface area (Å²) in [6.45, 7) is 16.0. The molecule has 1 fully saturated rings. The molecule has 41 heavy (non-hydrogen) atoms. The molecule has 0 unspecified atom stereocenters. The predicted molar refractivity (Wildman–Crippen MR) is 157 cm³/mol. The molecule has 1 aliphatic heterocycles. The minimum absolute atomic E-state index is 0.0132. The van der Waals surface area contributed by atoms with Crippen molar-refractivity contribution >= 4 is 11.9 Å². The summed E-state index contributed by atoms with van der Waals surface area (Å²) in [4.78, 5) is 32.8. The first-order valence-corrected chi connectivity index (χ1v) is 14.1. The third kappa shape index (κ3) is 7.03. The van der Waals surface area contributed by atoms with E-state index in [9.17, 15) is 22.8 Å². The molecule has 0 aliphatic carbocycles. The molecular formula is C33H42F3N3O2. The molecule has 1 saturated heterocycles. The van der Waals surface area contributed by atoms with Crippen LogP contribution in [0.3, 0.4) is 0 Å². The van der Waals surface area contributed by atoms with E-state index in [0.717, 1.165) is 23.3 Å². The lowest BCUT2D eigenvalue weighted by molar-refractivity contribution is -0.144. The van der Waals surface area contributed by atoms with Gasteiger partial charge >= 0.3 is 12.2 Å². The Balaban J connectivity index is 1.95. The van der Waals surface area contributed by atoms with Gasteiger partial charge in [0.15, 0.2) is 0 Å². The van der Waals surface area contributed by atoms with Gasteiger partial charge < -0.3 is 14.7 Å². The molecule has 0 saturated carbocycles. The topological polar surface area (TPSA) is 43.9 Å². The van der Waals surface area contributed by atoms with Crippen LogP contribution in [-0.2, 0) is 17.4 Å². The molecular weight excluding hydrogens is 527 g/mol. The van der Waals surface area contributed by atoms with Crippen molar-refractivity contribution in [2.45, 2.75) is 65.2 Å². The molecule has 3 amide bonds. The number of aryl methyl sites for hydroxylation is 2. The third-order valence-electron chi connectivity index (χ3n) is 8.28. The Kier molecular flexibility index (Phi) is 10.1. The lowest BCUT2D eigenvalue weighted by Crippen LogP contribution is -2.57. The van der Waals surface area contributed by atoms with Crippen molar-refractivity contribution in [3.05, 3.63) is 95.6 Å². The highest BCUT2D eigenvalue weighted by molar-refractivity contribution is 5.83. The van der Waals surface area contributed by atoms with E-state index >= 15 is 0 Å². The Bertz CT molecular complexity index is 1260. The number of carbonyl (C=O) groups is 2. The maximum absolute atomic E-state index is 14.0. The Morgan fingerprint density at radius 2 is 1.73 bits per heavy atom. The number of benzene rings is 2. The summed E-state index contributed by atoms with van der Waals surface area (Å²) in [5, 5.41) is 0. The van der Waals surface area contributed by atoms with Crippen molar-refractivity contribution in [3.63, 3.8) is 0 Å². The zero-order valence-electron chi connectivity index (χ0n) is 24.8. The lowest BCUT2D eigenvalue weighted by Gasteiger charge is -2.46. The first kappa shape index (κ1) is 32.0. The number of piperazine rings is 1. The number of halogens is 3. The number of urea groups is 1. The number of hydrogen-bond acceptors (Lipinski definition) is 2. The highest BCUT2D eigenvalue weighted by atomic mass is 19.4. The quantitative estimate of drug-likeness (QED) is 0.290. The normalized spacial score (nSPS) is 16.7. The van der Waals surface area contributed by atoms with Crippen LogP contribution in [0.25, 0.3) is 0 Å². The van der Waals surface area contributed by atoms with Gasteiger partial charge in [-0.25, -0.2) is 4.79 Å². The Hall–Kier alpha value is -3.55. The summed E-state index contributed by atoms with van der Waals surface area (Å²) in [7, 11) is 1.62. The van der Waals surface area contributed by atoms with Gasteiger partial charge in [0.25, 0.3) is 0 Å². The molecule has 222 valence electrons. The summed E-state index contributed by atoms with van der Waals surface area (Å²) in [6, 6.07) is 10.5. The van der Waals surface area contributed by atoms with Crippen LogP contribution in [-0.4, -0.2) is 53.3 Å². The molecule has 0 radical (unpaired) electrons. The van der Waals surface area contributed by atoms with Crippen molar-refractivity contribution in [2.75, 3.05) is 26.7 Å². The minimum atomic E-state index is -4.48. The van der Waals surface area contributed by atoms with E-state index in [2.05, 4.69) is 13.2 Å². The molecule has 0 bridgehead atoms. The number of nitrogens with zero attached hydrogens (tertiary/aromatic N) is 3. The van der Waals surface area contributed by atoms with Gasteiger partial charge in [-0.1, -0.05) is 56.3 Å². The average Bonchev–Trinajstić information content (AvgIpc) is 2.95. The second kappa shape index (κ2) is 13.0. The van der Waals surface area contributed by atoms with E-state index in [1.54, 1.807) is 37.1 Å². The smallest absolute Gasteiger partial charge is 0.338 e. The number of hydrogen-bond donors (Lipinski definition) is 0. The van der Waals surface area contributed by atoms with Gasteiger partial charge in [-0.2, -0.15) is 13.2 Å². The highest BCUT2D eigenvalue weighted by Gasteiger charge is 2.41. The number of alkyl halides is 3. The molecule has 1 aliphatic rings. The maximum atomic E-state index is 14.0. The zero-order chi connectivity index (χ0) is 30.5. The number of amides is 3. The van der Waals surface area contributed by atoms with E-state index in [4.69, 9.17) is 0 Å². The highest BCUT2D eigenvalue weighted by Crippen LogP contribution is 2.36. The van der Waals surface area contributed by atoms with Crippen molar-refractivity contribution in [2.24, 2.45) is 5.41 Å². The fourth-order valence-electron chi connectivity index (χ4n) is 5.62. The van der Waals surface area contributed by atoms with Crippen molar-refractivity contribution < 1.29 is 22.8 Å². The zero-order valence-corrected chi connectivity index (χ0v) is 24.8. The summed E-state index contributed by atoms with van der Waals surface area (Å²) in [5.74, 6) is -0.0132. The summed E-state index contributed by atoms with van der Waals surface area (Å²) >= 11 is 0. The summed E-state index contributed by atoms with van der Waals surface area (Å²) < 4.78 is 40.9. The van der Waals surface area contributed by atoms with Crippen LogP contribution >= 0.6 is 0 Å². The van der Waals surface area contributed by atoms with E-state index in [1.165, 1.54) is 4.90 Å². The molecule has 2 atom stereocenters. The largest absolute Gasteiger partial charge is 0.416 e. The van der Waals surface area contributed by atoms with Crippen LogP contribution in [0.15, 0.2) is 67.8 Å². The first-order valence-electron chi connectivity index (χ1n) is 14.1. The standard InChI is InChI=1S/C33H42F3N3O2/c1-8-15-32(6,16-9-2)30(40)38-17-18-39(29(22-38)28-14-12-11-13-23(28)4)31(41)37(7)24(5)26-19-25(10-3)20-27(21-26)33(34,35)36/h8-9,11-14,19-21,24,29H,1-2,10,15-18,22H2,3-7H3/t24-,29-/m1/s1. The molecule has 0 N–H and O–H groups in total. The van der Waals surface area contributed by atoms with Crippen molar-refractivity contribution in [3.8, 4) is 0 Å². The molecule has 1 heterocycles. The van der Waals surface area contributed by atoms with E-state index in [1.807, 2.05) is 49.9 Å². The van der Waals surface area contributed by atoms with Gasteiger partial charge in [-0.15, -0.1) is 13.2 Å². The fourth-order valence-corrected chi connectivity index (χ4v) is 5.62. The number of carbonyl (C=O) groups excluding carboxylic acids is 2. The van der Waals surface area contributed by atoms with Gasteiger partial charge in [-0.05, 0) is 67.5 Å². The molecule has 0 aromatic heterocycles. The maximum Gasteiger partial charge on any atom is 0.416 e. The van der Waals surface area contributed by atoms with Crippen LogP contribution < -0.4 is 0 Å². The Morgan fingerprint density at radius 3 is 2.29 bits per heavy atom. The fraction of sp³-hybridized carbons (Fsp3) is 0.455. The molecule has 0 spiro atoms. The SMILES string of the molecule is C=CCC(C)(CC=C)C(=O)N1CCN(C(=O)N(C)[C@H](C)c2cc(CC)cc(C(F)(F)F)c2)[C@@H](c2ccccc2C)C1. The summed E-state index contributed by atoms with van der Waals surface area (Å²) in [5.41, 5.74) is 1.52. The van der Waals surface area contributed by atoms with Gasteiger partial charge in [0.05, 0.1) is 23.1 Å². The monoisotopic (exact) mass is 569 g/mol. The molecule has 5 nitrogen and oxygen atoms in total. The van der Waals surface area contributed by atoms with E-state index in [-0.39, 0.29) is 11.9 Å². The second-order valence-corrected chi connectivity index (χ2v) is 11.2. The van der Waals surface area contributed by atoms with Crippen molar-refractivity contribution in [1.29, 1.82) is 0 Å². The van der Waals surface area contributed by atoms with Gasteiger partial charge in [0, 0.05) is 26.7 Å². The molecule has 2 aromatic rings. The van der Waals surface area contributed by atoms with Crippen LogP contribution in [0, 0.1) is 12.3 Å².